The summed E-state index contributed by atoms with van der Waals surface area (Å²) < 4.78 is 23.6. The van der Waals surface area contributed by atoms with Crippen molar-refractivity contribution in [1.29, 1.82) is 0 Å². The molecule has 1 aromatic heterocycles. The number of aromatic nitrogens is 2. The lowest BCUT2D eigenvalue weighted by atomic mass is 10.1. The fourth-order valence-corrected chi connectivity index (χ4v) is 2.77. The standard InChI is InChI=1S/C21H30N2O8/c1-11(2)18(24)28-10-14-15(30-19(25)12(3)4)16(31-20(26)13(5)6)17(29-14)23-9-7-8-22-21(23)27/h7-9,11-17H,10H2,1-6H3/t14-,15-,16-,17-/m1/s1. The molecule has 2 heterocycles. The highest BCUT2D eigenvalue weighted by molar-refractivity contribution is 5.73. The number of hydrogen-bond donors (Lipinski definition) is 0. The van der Waals surface area contributed by atoms with E-state index < -0.39 is 60.0 Å². The highest BCUT2D eigenvalue weighted by Gasteiger charge is 2.51. The van der Waals surface area contributed by atoms with Crippen molar-refractivity contribution in [3.05, 3.63) is 28.9 Å². The van der Waals surface area contributed by atoms with Crippen molar-refractivity contribution in [3.63, 3.8) is 0 Å². The highest BCUT2D eigenvalue weighted by atomic mass is 16.7. The van der Waals surface area contributed by atoms with Gasteiger partial charge in [-0.3, -0.25) is 19.0 Å². The van der Waals surface area contributed by atoms with Crippen LogP contribution in [0.1, 0.15) is 47.8 Å². The maximum Gasteiger partial charge on any atom is 0.349 e. The van der Waals surface area contributed by atoms with Gasteiger partial charge in [0.05, 0.1) is 17.8 Å². The van der Waals surface area contributed by atoms with Crippen LogP contribution in [0.25, 0.3) is 0 Å². The molecule has 1 saturated heterocycles. The van der Waals surface area contributed by atoms with Gasteiger partial charge in [-0.2, -0.15) is 0 Å². The molecule has 10 heteroatoms. The van der Waals surface area contributed by atoms with E-state index in [0.717, 1.165) is 4.57 Å². The van der Waals surface area contributed by atoms with E-state index in [-0.39, 0.29) is 12.5 Å². The molecular weight excluding hydrogens is 408 g/mol. The van der Waals surface area contributed by atoms with Crippen molar-refractivity contribution in [3.8, 4) is 0 Å². The van der Waals surface area contributed by atoms with Gasteiger partial charge in [0.25, 0.3) is 0 Å². The fraction of sp³-hybridized carbons (Fsp3) is 0.667. The normalized spacial score (nSPS) is 23.3. The van der Waals surface area contributed by atoms with Crippen LogP contribution in [0.2, 0.25) is 0 Å². The first kappa shape index (κ1) is 24.5. The molecule has 0 amide bonds. The molecule has 2 rings (SSSR count). The largest absolute Gasteiger partial charge is 0.463 e. The van der Waals surface area contributed by atoms with Crippen LogP contribution in [-0.4, -0.2) is 52.4 Å². The van der Waals surface area contributed by atoms with Crippen LogP contribution in [0.15, 0.2) is 23.3 Å². The van der Waals surface area contributed by atoms with E-state index in [1.54, 1.807) is 41.5 Å². The summed E-state index contributed by atoms with van der Waals surface area (Å²) in [6, 6.07) is 1.52. The molecule has 1 aromatic rings. The summed E-state index contributed by atoms with van der Waals surface area (Å²) >= 11 is 0. The van der Waals surface area contributed by atoms with Gasteiger partial charge in [-0.15, -0.1) is 0 Å². The highest BCUT2D eigenvalue weighted by Crippen LogP contribution is 2.34. The van der Waals surface area contributed by atoms with E-state index in [0.29, 0.717) is 0 Å². The first-order valence-electron chi connectivity index (χ1n) is 10.3. The third-order valence-corrected chi connectivity index (χ3v) is 4.61. The van der Waals surface area contributed by atoms with Crippen molar-refractivity contribution in [2.75, 3.05) is 6.61 Å². The third-order valence-electron chi connectivity index (χ3n) is 4.61. The summed E-state index contributed by atoms with van der Waals surface area (Å²) in [6.45, 7) is 9.74. The second-order valence-electron chi connectivity index (χ2n) is 8.27. The van der Waals surface area contributed by atoms with Gasteiger partial charge in [-0.05, 0) is 6.07 Å². The van der Waals surface area contributed by atoms with Crippen molar-refractivity contribution in [1.82, 2.24) is 9.55 Å². The minimum Gasteiger partial charge on any atom is -0.463 e. The Kier molecular flexibility index (Phi) is 8.32. The molecule has 0 aliphatic carbocycles. The predicted octanol–water partition coefficient (Wildman–Crippen LogP) is 1.48. The number of carbonyl (C=O) groups is 3. The molecule has 0 bridgehead atoms. The average molecular weight is 438 g/mol. The molecule has 0 N–H and O–H groups in total. The van der Waals surface area contributed by atoms with Crippen LogP contribution in [0.3, 0.4) is 0 Å². The molecule has 0 spiro atoms. The van der Waals surface area contributed by atoms with E-state index in [4.69, 9.17) is 18.9 Å². The average Bonchev–Trinajstić information content (AvgIpc) is 3.03. The molecular formula is C21H30N2O8. The SMILES string of the molecule is CC(C)C(=O)OC[C@H]1O[C@@H](n2cccnc2=O)[C@H](OC(=O)C(C)C)[C@@H]1OC(=O)C(C)C. The van der Waals surface area contributed by atoms with E-state index in [1.165, 1.54) is 18.5 Å². The summed E-state index contributed by atoms with van der Waals surface area (Å²) in [6.07, 6.45) is -1.54. The Morgan fingerprint density at radius 3 is 2.03 bits per heavy atom. The lowest BCUT2D eigenvalue weighted by Gasteiger charge is -2.26. The second-order valence-corrected chi connectivity index (χ2v) is 8.27. The number of hydrogen-bond acceptors (Lipinski definition) is 9. The molecule has 10 nitrogen and oxygen atoms in total. The molecule has 4 atom stereocenters. The minimum absolute atomic E-state index is 0.242. The van der Waals surface area contributed by atoms with E-state index >= 15 is 0 Å². The maximum absolute atomic E-state index is 12.4. The molecule has 1 fully saturated rings. The maximum atomic E-state index is 12.4. The third kappa shape index (κ3) is 6.13. The minimum atomic E-state index is -1.14. The van der Waals surface area contributed by atoms with Crippen molar-refractivity contribution >= 4 is 17.9 Å². The van der Waals surface area contributed by atoms with Gasteiger partial charge < -0.3 is 18.9 Å². The van der Waals surface area contributed by atoms with Crippen LogP contribution in [0, 0.1) is 17.8 Å². The van der Waals surface area contributed by atoms with Gasteiger partial charge in [0.1, 0.15) is 12.7 Å². The zero-order chi connectivity index (χ0) is 23.3. The fourth-order valence-electron chi connectivity index (χ4n) is 2.77. The van der Waals surface area contributed by atoms with Gasteiger partial charge in [-0.1, -0.05) is 41.5 Å². The number of carbonyl (C=O) groups excluding carboxylic acids is 3. The van der Waals surface area contributed by atoms with Gasteiger partial charge in [0.15, 0.2) is 18.4 Å². The zero-order valence-corrected chi connectivity index (χ0v) is 18.6. The van der Waals surface area contributed by atoms with E-state index in [1.807, 2.05) is 0 Å². The van der Waals surface area contributed by atoms with Gasteiger partial charge in [0.2, 0.25) is 0 Å². The molecule has 31 heavy (non-hydrogen) atoms. The van der Waals surface area contributed by atoms with Crippen LogP contribution < -0.4 is 5.69 Å². The molecule has 0 unspecified atom stereocenters. The van der Waals surface area contributed by atoms with Gasteiger partial charge >= 0.3 is 23.6 Å². The summed E-state index contributed by atoms with van der Waals surface area (Å²) in [7, 11) is 0. The Hall–Kier alpha value is -2.75. The first-order chi connectivity index (χ1) is 14.5. The molecule has 0 saturated carbocycles. The van der Waals surface area contributed by atoms with Gasteiger partial charge in [0, 0.05) is 12.4 Å². The molecule has 172 valence electrons. The molecule has 1 aliphatic rings. The topological polar surface area (TPSA) is 123 Å². The number of ether oxygens (including phenoxy) is 4. The lowest BCUT2D eigenvalue weighted by molar-refractivity contribution is -0.173. The Morgan fingerprint density at radius 2 is 1.52 bits per heavy atom. The smallest absolute Gasteiger partial charge is 0.349 e. The first-order valence-corrected chi connectivity index (χ1v) is 10.3. The molecule has 0 radical (unpaired) electrons. The number of rotatable bonds is 8. The van der Waals surface area contributed by atoms with Crippen LogP contribution in [0.5, 0.6) is 0 Å². The second kappa shape index (κ2) is 10.5. The van der Waals surface area contributed by atoms with Crippen LogP contribution >= 0.6 is 0 Å². The monoisotopic (exact) mass is 438 g/mol. The molecule has 0 aromatic carbocycles. The number of nitrogens with zero attached hydrogens (tertiary/aromatic N) is 2. The van der Waals surface area contributed by atoms with Gasteiger partial charge in [-0.25, -0.2) is 9.78 Å². The number of esters is 3. The summed E-state index contributed by atoms with van der Waals surface area (Å²) in [5.41, 5.74) is -0.633. The van der Waals surface area contributed by atoms with Crippen LogP contribution in [0.4, 0.5) is 0 Å². The predicted molar refractivity (Wildman–Crippen MR) is 108 cm³/mol. The van der Waals surface area contributed by atoms with E-state index in [9.17, 15) is 19.2 Å². The molecule has 1 aliphatic heterocycles. The Morgan fingerprint density at radius 1 is 0.968 bits per heavy atom. The summed E-state index contributed by atoms with van der Waals surface area (Å²) in [5, 5.41) is 0. The quantitative estimate of drug-likeness (QED) is 0.438. The summed E-state index contributed by atoms with van der Waals surface area (Å²) in [4.78, 5) is 52.7. The summed E-state index contributed by atoms with van der Waals surface area (Å²) in [5.74, 6) is -2.86. The Balaban J connectivity index is 2.42. The lowest BCUT2D eigenvalue weighted by Crippen LogP contribution is -2.43. The van der Waals surface area contributed by atoms with E-state index in [2.05, 4.69) is 4.98 Å². The zero-order valence-electron chi connectivity index (χ0n) is 18.6. The van der Waals surface area contributed by atoms with Crippen LogP contribution in [-0.2, 0) is 33.3 Å². The van der Waals surface area contributed by atoms with Crippen molar-refractivity contribution in [2.45, 2.75) is 66.1 Å². The Bertz CT molecular complexity index is 848. The van der Waals surface area contributed by atoms with Crippen molar-refractivity contribution < 1.29 is 33.3 Å². The Labute approximate surface area is 180 Å². The van der Waals surface area contributed by atoms with Crippen molar-refractivity contribution in [2.24, 2.45) is 17.8 Å².